The summed E-state index contributed by atoms with van der Waals surface area (Å²) < 4.78 is 3.96. The van der Waals surface area contributed by atoms with Crippen molar-refractivity contribution >= 4 is 23.4 Å². The molecular formula is C23H23N5OS. The van der Waals surface area contributed by atoms with Crippen molar-refractivity contribution in [2.75, 3.05) is 11.1 Å². The van der Waals surface area contributed by atoms with Gasteiger partial charge in [-0.1, -0.05) is 48.2 Å². The lowest BCUT2D eigenvalue weighted by atomic mass is 10.1. The third-order valence-corrected chi connectivity index (χ3v) is 5.81. The molecule has 2 aromatic heterocycles. The lowest BCUT2D eigenvalue weighted by molar-refractivity contribution is -0.113. The zero-order valence-corrected chi connectivity index (χ0v) is 17.8. The molecule has 0 bridgehead atoms. The molecule has 0 aliphatic rings. The van der Waals surface area contributed by atoms with Gasteiger partial charge in [0.2, 0.25) is 11.9 Å². The molecule has 6 nitrogen and oxygen atoms in total. The number of rotatable bonds is 7. The minimum absolute atomic E-state index is 0.0694. The Hall–Kier alpha value is -3.32. The third-order valence-electron chi connectivity index (χ3n) is 4.84. The highest BCUT2D eigenvalue weighted by Gasteiger charge is 2.16. The normalized spacial score (nSPS) is 10.9. The Kier molecular flexibility index (Phi) is 5.99. The molecule has 0 aliphatic heterocycles. The molecule has 7 heteroatoms. The van der Waals surface area contributed by atoms with Gasteiger partial charge >= 0.3 is 0 Å². The number of aryl methyl sites for hydroxylation is 2. The molecule has 30 heavy (non-hydrogen) atoms. The summed E-state index contributed by atoms with van der Waals surface area (Å²) in [7, 11) is 0. The zero-order chi connectivity index (χ0) is 20.9. The first-order chi connectivity index (χ1) is 14.6. The van der Waals surface area contributed by atoms with Crippen LogP contribution in [0.25, 0.3) is 5.95 Å². The van der Waals surface area contributed by atoms with Crippen LogP contribution < -0.4 is 5.32 Å². The molecule has 4 rings (SSSR count). The highest BCUT2D eigenvalue weighted by atomic mass is 32.2. The number of amides is 1. The second-order valence-corrected chi connectivity index (χ2v) is 8.02. The van der Waals surface area contributed by atoms with E-state index < -0.39 is 0 Å². The summed E-state index contributed by atoms with van der Waals surface area (Å²) in [6.07, 6.45) is 3.87. The van der Waals surface area contributed by atoms with Gasteiger partial charge in [-0.15, -0.1) is 10.2 Å². The van der Waals surface area contributed by atoms with Gasteiger partial charge in [0, 0.05) is 18.1 Å². The molecule has 0 unspecified atom stereocenters. The highest BCUT2D eigenvalue weighted by Crippen LogP contribution is 2.22. The topological polar surface area (TPSA) is 64.7 Å². The van der Waals surface area contributed by atoms with E-state index in [1.54, 1.807) is 0 Å². The molecule has 4 aromatic rings. The Balaban J connectivity index is 1.50. The SMILES string of the molecule is Cc1ccc(NC(=O)CSc2nnc(-n3cccc3)n2Cc2ccccc2)cc1C. The van der Waals surface area contributed by atoms with Gasteiger partial charge in [0.1, 0.15) is 0 Å². The molecule has 152 valence electrons. The minimum atomic E-state index is -0.0694. The largest absolute Gasteiger partial charge is 0.325 e. The molecule has 1 N–H and O–H groups in total. The van der Waals surface area contributed by atoms with Crippen LogP contribution in [-0.4, -0.2) is 31.0 Å². The van der Waals surface area contributed by atoms with Crippen molar-refractivity contribution in [1.82, 2.24) is 19.3 Å². The zero-order valence-electron chi connectivity index (χ0n) is 16.9. The van der Waals surface area contributed by atoms with E-state index in [1.165, 1.54) is 17.3 Å². The Bertz CT molecular complexity index is 1140. The van der Waals surface area contributed by atoms with Gasteiger partial charge in [0.25, 0.3) is 0 Å². The van der Waals surface area contributed by atoms with E-state index >= 15 is 0 Å². The summed E-state index contributed by atoms with van der Waals surface area (Å²) in [6.45, 7) is 4.72. The first kappa shape index (κ1) is 20.0. The maximum Gasteiger partial charge on any atom is 0.236 e. The number of nitrogens with zero attached hydrogens (tertiary/aromatic N) is 4. The summed E-state index contributed by atoms with van der Waals surface area (Å²) in [5, 5.41) is 12.4. The van der Waals surface area contributed by atoms with Crippen molar-refractivity contribution in [3.63, 3.8) is 0 Å². The van der Waals surface area contributed by atoms with Crippen LogP contribution in [0.4, 0.5) is 5.69 Å². The van der Waals surface area contributed by atoms with Gasteiger partial charge in [-0.2, -0.15) is 0 Å². The molecule has 0 saturated carbocycles. The quantitative estimate of drug-likeness (QED) is 0.451. The van der Waals surface area contributed by atoms with Gasteiger partial charge in [-0.25, -0.2) is 0 Å². The van der Waals surface area contributed by atoms with Crippen LogP contribution in [-0.2, 0) is 11.3 Å². The molecule has 1 amide bonds. The smallest absolute Gasteiger partial charge is 0.236 e. The van der Waals surface area contributed by atoms with Crippen molar-refractivity contribution in [2.45, 2.75) is 25.5 Å². The standard InChI is InChI=1S/C23H23N5OS/c1-17-10-11-20(14-18(17)2)24-21(29)16-30-23-26-25-22(27-12-6-7-13-27)28(23)15-19-8-4-3-5-9-19/h3-14H,15-16H2,1-2H3,(H,24,29). The van der Waals surface area contributed by atoms with Crippen LogP contribution >= 0.6 is 11.8 Å². The number of anilines is 1. The molecule has 2 heterocycles. The van der Waals surface area contributed by atoms with Gasteiger partial charge in [0.05, 0.1) is 12.3 Å². The van der Waals surface area contributed by atoms with Crippen LogP contribution in [0.2, 0.25) is 0 Å². The summed E-state index contributed by atoms with van der Waals surface area (Å²) in [4.78, 5) is 12.5. The first-order valence-corrected chi connectivity index (χ1v) is 10.7. The number of benzene rings is 2. The molecule has 2 aromatic carbocycles. The Morgan fingerprint density at radius 2 is 1.73 bits per heavy atom. The summed E-state index contributed by atoms with van der Waals surface area (Å²) in [5.74, 6) is 0.909. The number of carbonyl (C=O) groups excluding carboxylic acids is 1. The van der Waals surface area contributed by atoms with Crippen LogP contribution in [0.5, 0.6) is 0 Å². The Morgan fingerprint density at radius 1 is 0.967 bits per heavy atom. The fraction of sp³-hybridized carbons (Fsp3) is 0.174. The van der Waals surface area contributed by atoms with E-state index in [0.29, 0.717) is 11.7 Å². The Labute approximate surface area is 180 Å². The molecule has 0 saturated heterocycles. The average molecular weight is 418 g/mol. The van der Waals surface area contributed by atoms with Crippen molar-refractivity contribution < 1.29 is 4.79 Å². The fourth-order valence-electron chi connectivity index (χ4n) is 3.10. The highest BCUT2D eigenvalue weighted by molar-refractivity contribution is 7.99. The molecule has 0 radical (unpaired) electrons. The predicted molar refractivity (Wildman–Crippen MR) is 120 cm³/mol. The number of carbonyl (C=O) groups is 1. The summed E-state index contributed by atoms with van der Waals surface area (Å²) in [6, 6.07) is 20.0. The number of nitrogens with one attached hydrogen (secondary N) is 1. The predicted octanol–water partition coefficient (Wildman–Crippen LogP) is 4.46. The lowest BCUT2D eigenvalue weighted by Crippen LogP contribution is -2.15. The monoisotopic (exact) mass is 417 g/mol. The van der Waals surface area contributed by atoms with Gasteiger partial charge in [0.15, 0.2) is 5.16 Å². The van der Waals surface area contributed by atoms with Gasteiger partial charge in [-0.05, 0) is 54.8 Å². The number of thioether (sulfide) groups is 1. The number of hydrogen-bond acceptors (Lipinski definition) is 4. The fourth-order valence-corrected chi connectivity index (χ4v) is 3.83. The maximum atomic E-state index is 12.5. The number of hydrogen-bond donors (Lipinski definition) is 1. The Morgan fingerprint density at radius 3 is 2.47 bits per heavy atom. The van der Waals surface area contributed by atoms with E-state index in [0.717, 1.165) is 22.8 Å². The van der Waals surface area contributed by atoms with Crippen molar-refractivity contribution in [1.29, 1.82) is 0 Å². The third kappa shape index (κ3) is 4.63. The van der Waals surface area contributed by atoms with Gasteiger partial charge in [-0.3, -0.25) is 13.9 Å². The van der Waals surface area contributed by atoms with Crippen molar-refractivity contribution in [3.8, 4) is 5.95 Å². The van der Waals surface area contributed by atoms with Crippen LogP contribution in [0.1, 0.15) is 16.7 Å². The van der Waals surface area contributed by atoms with Crippen molar-refractivity contribution in [2.24, 2.45) is 0 Å². The second-order valence-electron chi connectivity index (χ2n) is 7.08. The van der Waals surface area contributed by atoms with E-state index in [9.17, 15) is 4.79 Å². The summed E-state index contributed by atoms with van der Waals surface area (Å²) >= 11 is 1.38. The average Bonchev–Trinajstić information content (AvgIpc) is 3.40. The molecule has 0 spiro atoms. The minimum Gasteiger partial charge on any atom is -0.325 e. The molecule has 0 atom stereocenters. The van der Waals surface area contributed by atoms with E-state index in [-0.39, 0.29) is 11.7 Å². The first-order valence-electron chi connectivity index (χ1n) is 9.70. The van der Waals surface area contributed by atoms with Crippen LogP contribution in [0.3, 0.4) is 0 Å². The second kappa shape index (κ2) is 9.00. The lowest BCUT2D eigenvalue weighted by Gasteiger charge is -2.11. The summed E-state index contributed by atoms with van der Waals surface area (Å²) in [5.41, 5.74) is 4.31. The molecular weight excluding hydrogens is 394 g/mol. The molecule has 0 fully saturated rings. The number of aromatic nitrogens is 4. The van der Waals surface area contributed by atoms with E-state index in [1.807, 2.05) is 77.0 Å². The van der Waals surface area contributed by atoms with Crippen LogP contribution in [0.15, 0.2) is 78.2 Å². The van der Waals surface area contributed by atoms with E-state index in [4.69, 9.17) is 0 Å². The van der Waals surface area contributed by atoms with Crippen molar-refractivity contribution in [3.05, 3.63) is 89.7 Å². The van der Waals surface area contributed by atoms with Gasteiger partial charge < -0.3 is 5.32 Å². The maximum absolute atomic E-state index is 12.5. The molecule has 0 aliphatic carbocycles. The van der Waals surface area contributed by atoms with Crippen LogP contribution in [0, 0.1) is 13.8 Å². The van der Waals surface area contributed by atoms with E-state index in [2.05, 4.69) is 34.6 Å².